The predicted octanol–water partition coefficient (Wildman–Crippen LogP) is 2.57. The van der Waals surface area contributed by atoms with Gasteiger partial charge in [0.1, 0.15) is 0 Å². The molecule has 0 heterocycles. The van der Waals surface area contributed by atoms with Crippen LogP contribution in [0.4, 0.5) is 0 Å². The molecule has 1 aromatic carbocycles. The number of halogens is 1. The Hall–Kier alpha value is -0.870. The van der Waals surface area contributed by atoms with E-state index in [4.69, 9.17) is 5.73 Å². The molecule has 0 bridgehead atoms. The molecule has 1 unspecified atom stereocenters. The summed E-state index contributed by atoms with van der Waals surface area (Å²) in [5.41, 5.74) is 7.59. The predicted molar refractivity (Wildman–Crippen MR) is 76.5 cm³/mol. The molecule has 2 rings (SSSR count). The summed E-state index contributed by atoms with van der Waals surface area (Å²) in [6, 6.07) is 5.96. The maximum atomic E-state index is 12.4. The largest absolute Gasteiger partial charge is 0.337 e. The van der Waals surface area contributed by atoms with Crippen molar-refractivity contribution in [3.8, 4) is 0 Å². The van der Waals surface area contributed by atoms with Gasteiger partial charge >= 0.3 is 0 Å². The first kappa shape index (κ1) is 13.6. The van der Waals surface area contributed by atoms with Crippen LogP contribution in [0.3, 0.4) is 0 Å². The molecule has 1 saturated carbocycles. The van der Waals surface area contributed by atoms with E-state index >= 15 is 0 Å². The van der Waals surface area contributed by atoms with Gasteiger partial charge in [-0.2, -0.15) is 0 Å². The van der Waals surface area contributed by atoms with Crippen molar-refractivity contribution in [2.45, 2.75) is 25.8 Å². The summed E-state index contributed by atoms with van der Waals surface area (Å²) in [4.78, 5) is 14.2. The van der Waals surface area contributed by atoms with Crippen molar-refractivity contribution in [1.82, 2.24) is 4.90 Å². The van der Waals surface area contributed by atoms with Gasteiger partial charge in [0.25, 0.3) is 5.91 Å². The Morgan fingerprint density at radius 2 is 2.17 bits per heavy atom. The van der Waals surface area contributed by atoms with Gasteiger partial charge in [0, 0.05) is 29.7 Å². The zero-order valence-corrected chi connectivity index (χ0v) is 12.4. The van der Waals surface area contributed by atoms with Crippen LogP contribution in [0.1, 0.15) is 28.8 Å². The number of hydrogen-bond donors (Lipinski definition) is 1. The van der Waals surface area contributed by atoms with Crippen LogP contribution in [-0.2, 0) is 0 Å². The summed E-state index contributed by atoms with van der Waals surface area (Å²) in [5, 5.41) is 0. The van der Waals surface area contributed by atoms with Gasteiger partial charge < -0.3 is 10.6 Å². The maximum absolute atomic E-state index is 12.4. The number of rotatable bonds is 4. The third kappa shape index (κ3) is 2.93. The van der Waals surface area contributed by atoms with Crippen LogP contribution in [-0.4, -0.2) is 30.4 Å². The third-order valence-electron chi connectivity index (χ3n) is 3.51. The van der Waals surface area contributed by atoms with E-state index in [1.807, 2.05) is 32.2 Å². The van der Waals surface area contributed by atoms with Crippen LogP contribution in [0.15, 0.2) is 22.7 Å². The van der Waals surface area contributed by atoms with E-state index in [9.17, 15) is 4.79 Å². The molecular formula is C14H19BrN2O. The fraction of sp³-hybridized carbons (Fsp3) is 0.500. The van der Waals surface area contributed by atoms with Crippen LogP contribution in [0.25, 0.3) is 0 Å². The number of benzene rings is 1. The van der Waals surface area contributed by atoms with E-state index in [-0.39, 0.29) is 11.9 Å². The number of nitrogens with zero attached hydrogens (tertiary/aromatic N) is 1. The molecule has 1 aliphatic carbocycles. The van der Waals surface area contributed by atoms with Gasteiger partial charge in [-0.15, -0.1) is 0 Å². The number of likely N-dealkylation sites (N-methyl/N-ethyl adjacent to an activating group) is 1. The lowest BCUT2D eigenvalue weighted by molar-refractivity contribution is 0.0718. The lowest BCUT2D eigenvalue weighted by Crippen LogP contribution is -2.43. The Morgan fingerprint density at radius 1 is 1.50 bits per heavy atom. The first-order valence-electron chi connectivity index (χ1n) is 6.27. The Morgan fingerprint density at radius 3 is 2.67 bits per heavy atom. The summed E-state index contributed by atoms with van der Waals surface area (Å²) < 4.78 is 0.940. The summed E-state index contributed by atoms with van der Waals surface area (Å²) >= 11 is 3.43. The molecule has 18 heavy (non-hydrogen) atoms. The van der Waals surface area contributed by atoms with Gasteiger partial charge in [0.05, 0.1) is 0 Å². The lowest BCUT2D eigenvalue weighted by Gasteiger charge is -2.27. The molecule has 3 nitrogen and oxygen atoms in total. The average Bonchev–Trinajstić information content (AvgIpc) is 3.12. The number of carbonyl (C=O) groups is 1. The maximum Gasteiger partial charge on any atom is 0.253 e. The van der Waals surface area contributed by atoms with Crippen molar-refractivity contribution in [3.63, 3.8) is 0 Å². The minimum Gasteiger partial charge on any atom is -0.337 e. The van der Waals surface area contributed by atoms with Crippen molar-refractivity contribution in [2.24, 2.45) is 11.7 Å². The molecule has 1 atom stereocenters. The van der Waals surface area contributed by atoms with Crippen molar-refractivity contribution >= 4 is 21.8 Å². The van der Waals surface area contributed by atoms with Crippen LogP contribution in [0, 0.1) is 12.8 Å². The molecule has 0 radical (unpaired) electrons. The highest BCUT2D eigenvalue weighted by Crippen LogP contribution is 2.35. The van der Waals surface area contributed by atoms with Crippen LogP contribution in [0.2, 0.25) is 0 Å². The van der Waals surface area contributed by atoms with Crippen LogP contribution in [0.5, 0.6) is 0 Å². The van der Waals surface area contributed by atoms with E-state index in [2.05, 4.69) is 15.9 Å². The topological polar surface area (TPSA) is 46.3 Å². The highest BCUT2D eigenvalue weighted by Gasteiger charge is 2.35. The Balaban J connectivity index is 2.18. The Kier molecular flexibility index (Phi) is 4.07. The summed E-state index contributed by atoms with van der Waals surface area (Å²) in [7, 11) is 1.86. The number of amides is 1. The minimum atomic E-state index is 0.0572. The zero-order valence-electron chi connectivity index (χ0n) is 10.8. The number of aryl methyl sites for hydroxylation is 1. The SMILES string of the molecule is Cc1cc(Br)cc(C(=O)N(C)C(CN)C2CC2)c1. The molecule has 0 saturated heterocycles. The summed E-state index contributed by atoms with van der Waals surface area (Å²) in [6.45, 7) is 2.53. The van der Waals surface area contributed by atoms with Crippen molar-refractivity contribution in [3.05, 3.63) is 33.8 Å². The van der Waals surface area contributed by atoms with Gasteiger partial charge in [-0.25, -0.2) is 0 Å². The molecule has 0 aliphatic heterocycles. The van der Waals surface area contributed by atoms with Gasteiger partial charge in [-0.05, 0) is 49.4 Å². The van der Waals surface area contributed by atoms with E-state index < -0.39 is 0 Å². The summed E-state index contributed by atoms with van der Waals surface area (Å²) in [5.74, 6) is 0.652. The van der Waals surface area contributed by atoms with E-state index in [1.165, 1.54) is 12.8 Å². The van der Waals surface area contributed by atoms with Gasteiger partial charge in [0.15, 0.2) is 0 Å². The van der Waals surface area contributed by atoms with Crippen molar-refractivity contribution < 1.29 is 4.79 Å². The molecule has 1 aliphatic rings. The molecule has 4 heteroatoms. The quantitative estimate of drug-likeness (QED) is 0.929. The van der Waals surface area contributed by atoms with Gasteiger partial charge in [-0.3, -0.25) is 4.79 Å². The fourth-order valence-electron chi connectivity index (χ4n) is 2.36. The summed E-state index contributed by atoms with van der Waals surface area (Å²) in [6.07, 6.45) is 2.38. The highest BCUT2D eigenvalue weighted by atomic mass is 79.9. The van der Waals surface area contributed by atoms with Crippen molar-refractivity contribution in [2.75, 3.05) is 13.6 Å². The van der Waals surface area contributed by atoms with Crippen LogP contribution >= 0.6 is 15.9 Å². The molecule has 0 aromatic heterocycles. The Labute approximate surface area is 116 Å². The second-order valence-corrected chi connectivity index (χ2v) is 5.99. The van der Waals surface area contributed by atoms with E-state index in [0.717, 1.165) is 15.6 Å². The second-order valence-electron chi connectivity index (χ2n) is 5.07. The fourth-order valence-corrected chi connectivity index (χ4v) is 2.97. The molecule has 0 spiro atoms. The number of nitrogens with two attached hydrogens (primary N) is 1. The molecule has 2 N–H and O–H groups in total. The first-order chi connectivity index (χ1) is 8.52. The Bertz CT molecular complexity index is 437. The number of hydrogen-bond acceptors (Lipinski definition) is 2. The van der Waals surface area contributed by atoms with Crippen LogP contribution < -0.4 is 5.73 Å². The molecule has 1 fully saturated rings. The standard InChI is InChI=1S/C14H19BrN2O/c1-9-5-11(7-12(15)6-9)14(18)17(2)13(8-16)10-3-4-10/h5-7,10,13H,3-4,8,16H2,1-2H3. The average molecular weight is 311 g/mol. The van der Waals surface area contributed by atoms with Crippen molar-refractivity contribution in [1.29, 1.82) is 0 Å². The lowest BCUT2D eigenvalue weighted by atomic mass is 10.1. The smallest absolute Gasteiger partial charge is 0.253 e. The monoisotopic (exact) mass is 310 g/mol. The number of carbonyl (C=O) groups excluding carboxylic acids is 1. The zero-order chi connectivity index (χ0) is 13.3. The normalized spacial score (nSPS) is 16.4. The highest BCUT2D eigenvalue weighted by molar-refractivity contribution is 9.10. The molecule has 1 aromatic rings. The van der Waals surface area contributed by atoms with Gasteiger partial charge in [0.2, 0.25) is 0 Å². The molecule has 98 valence electrons. The first-order valence-corrected chi connectivity index (χ1v) is 7.06. The molecule has 1 amide bonds. The minimum absolute atomic E-state index is 0.0572. The van der Waals surface area contributed by atoms with Gasteiger partial charge in [-0.1, -0.05) is 15.9 Å². The third-order valence-corrected chi connectivity index (χ3v) is 3.97. The van der Waals surface area contributed by atoms with E-state index in [0.29, 0.717) is 12.5 Å². The van der Waals surface area contributed by atoms with E-state index in [1.54, 1.807) is 4.90 Å². The second kappa shape index (κ2) is 5.41. The molecular weight excluding hydrogens is 292 g/mol.